The van der Waals surface area contributed by atoms with Crippen LogP contribution < -0.4 is 16.4 Å². The number of aromatic nitrogens is 2. The second kappa shape index (κ2) is 7.66. The van der Waals surface area contributed by atoms with Gasteiger partial charge in [0.15, 0.2) is 0 Å². The molecule has 0 saturated carbocycles. The highest BCUT2D eigenvalue weighted by Gasteiger charge is 2.41. The van der Waals surface area contributed by atoms with E-state index >= 15 is 0 Å². The maximum atomic E-state index is 2.63. The van der Waals surface area contributed by atoms with Gasteiger partial charge >= 0.3 is 0 Å². The van der Waals surface area contributed by atoms with Crippen LogP contribution in [0.4, 0.5) is 0 Å². The quantitative estimate of drug-likeness (QED) is 0.123. The molecule has 0 atom stereocenters. The van der Waals surface area contributed by atoms with Crippen LogP contribution in [0.25, 0.3) is 98.1 Å². The van der Waals surface area contributed by atoms with Crippen LogP contribution in [0.2, 0.25) is 0 Å². The van der Waals surface area contributed by atoms with Gasteiger partial charge in [0.25, 0.3) is 6.71 Å². The maximum absolute atomic E-state index is 2.63. The molecular formula is C44H23BN2. The SMILES string of the molecule is c1cc2c3c(c1)-n1c4c(cccc4c4c5cccc6ccc7cccc(c7c65)c41)B3c1cccc3c4ccc5ccccc5c4n-2c13. The predicted molar refractivity (Wildman–Crippen MR) is 201 cm³/mol. The molecule has 212 valence electrons. The zero-order valence-electron chi connectivity index (χ0n) is 25.3. The third-order valence-corrected chi connectivity index (χ3v) is 11.6. The number of nitrogens with zero attached hydrogens (tertiary/aromatic N) is 2. The molecule has 2 aromatic heterocycles. The van der Waals surface area contributed by atoms with Gasteiger partial charge in [0.05, 0.1) is 11.0 Å². The van der Waals surface area contributed by atoms with E-state index in [0.717, 1.165) is 0 Å². The van der Waals surface area contributed by atoms with Crippen molar-refractivity contribution in [1.82, 2.24) is 9.13 Å². The standard InChI is InChI=1S/C44H23BN2/c1-2-11-27-24(8-1)22-23-29-28-12-5-16-33-42(28)46(41(27)29)35-18-7-19-36-40(35)45(33)34-17-6-15-32-39-30-13-3-9-25-20-21-26-10-4-14-31(38(26)37(25)30)44(39)47(36)43(32)34/h1-23H. The van der Waals surface area contributed by atoms with Crippen LogP contribution in [-0.2, 0) is 0 Å². The second-order valence-electron chi connectivity index (χ2n) is 13.6. The molecule has 47 heavy (non-hydrogen) atoms. The average Bonchev–Trinajstić information content (AvgIpc) is 3.67. The topological polar surface area (TPSA) is 9.86 Å². The summed E-state index contributed by atoms with van der Waals surface area (Å²) in [5, 5.41) is 16.0. The van der Waals surface area contributed by atoms with Crippen molar-refractivity contribution in [2.24, 2.45) is 0 Å². The maximum Gasteiger partial charge on any atom is 0.252 e. The van der Waals surface area contributed by atoms with Crippen LogP contribution in [0.15, 0.2) is 140 Å². The summed E-state index contributed by atoms with van der Waals surface area (Å²) in [5.41, 5.74) is 12.1. The Kier molecular flexibility index (Phi) is 3.80. The lowest BCUT2D eigenvalue weighted by Gasteiger charge is -2.33. The lowest BCUT2D eigenvalue weighted by Crippen LogP contribution is -2.59. The molecule has 0 amide bonds. The third-order valence-electron chi connectivity index (χ3n) is 11.6. The first-order valence-corrected chi connectivity index (χ1v) is 16.6. The first kappa shape index (κ1) is 23.3. The fraction of sp³-hybridized carbons (Fsp3) is 0. The largest absolute Gasteiger partial charge is 0.310 e. The van der Waals surface area contributed by atoms with E-state index in [9.17, 15) is 0 Å². The number of para-hydroxylation sites is 2. The van der Waals surface area contributed by atoms with Crippen LogP contribution in [0, 0.1) is 0 Å². The highest BCUT2D eigenvalue weighted by Crippen LogP contribution is 2.47. The number of fused-ring (bicyclic) bond motifs is 14. The van der Waals surface area contributed by atoms with Gasteiger partial charge in [0, 0.05) is 54.7 Å². The summed E-state index contributed by atoms with van der Waals surface area (Å²) < 4.78 is 5.23. The molecular weight excluding hydrogens is 567 g/mol. The van der Waals surface area contributed by atoms with Gasteiger partial charge in [0.2, 0.25) is 0 Å². The molecule has 0 bridgehead atoms. The van der Waals surface area contributed by atoms with E-state index in [-0.39, 0.29) is 6.71 Å². The van der Waals surface area contributed by atoms with Crippen molar-refractivity contribution in [2.75, 3.05) is 0 Å². The van der Waals surface area contributed by atoms with Gasteiger partial charge in [-0.25, -0.2) is 0 Å². The predicted octanol–water partition coefficient (Wildman–Crippen LogP) is 9.07. The highest BCUT2D eigenvalue weighted by atomic mass is 15.0. The van der Waals surface area contributed by atoms with E-state index in [4.69, 9.17) is 0 Å². The Bertz CT molecular complexity index is 3250. The molecule has 4 heterocycles. The van der Waals surface area contributed by atoms with Crippen molar-refractivity contribution in [3.05, 3.63) is 140 Å². The summed E-state index contributed by atoms with van der Waals surface area (Å²) in [6, 6.07) is 52.9. The van der Waals surface area contributed by atoms with Crippen LogP contribution >= 0.6 is 0 Å². The van der Waals surface area contributed by atoms with Crippen LogP contribution in [-0.4, -0.2) is 15.8 Å². The number of benzene rings is 9. The smallest absolute Gasteiger partial charge is 0.252 e. The average molecular weight is 590 g/mol. The zero-order valence-corrected chi connectivity index (χ0v) is 25.3. The fourth-order valence-electron chi connectivity index (χ4n) is 9.96. The molecule has 0 N–H and O–H groups in total. The van der Waals surface area contributed by atoms with Crippen LogP contribution in [0.3, 0.4) is 0 Å². The Hall–Kier alpha value is -6.06. The van der Waals surface area contributed by atoms with Crippen LogP contribution in [0.5, 0.6) is 0 Å². The van der Waals surface area contributed by atoms with Crippen LogP contribution in [0.1, 0.15) is 0 Å². The second-order valence-corrected chi connectivity index (χ2v) is 13.6. The van der Waals surface area contributed by atoms with E-state index < -0.39 is 0 Å². The van der Waals surface area contributed by atoms with Crippen molar-refractivity contribution >= 4 is 110 Å². The van der Waals surface area contributed by atoms with Gasteiger partial charge in [0.1, 0.15) is 0 Å². The molecule has 13 rings (SSSR count). The first-order valence-electron chi connectivity index (χ1n) is 16.6. The molecule has 0 spiro atoms. The van der Waals surface area contributed by atoms with Gasteiger partial charge in [-0.3, -0.25) is 0 Å². The molecule has 2 aliphatic heterocycles. The summed E-state index contributed by atoms with van der Waals surface area (Å²) in [6.45, 7) is 0.148. The monoisotopic (exact) mass is 590 g/mol. The summed E-state index contributed by atoms with van der Waals surface area (Å²) in [5.74, 6) is 0. The minimum Gasteiger partial charge on any atom is -0.310 e. The first-order chi connectivity index (χ1) is 23.4. The Morgan fingerprint density at radius 2 is 0.830 bits per heavy atom. The molecule has 0 aliphatic carbocycles. The molecule has 11 aromatic rings. The van der Waals surface area contributed by atoms with E-state index in [1.165, 1.54) is 114 Å². The normalized spacial score (nSPS) is 13.5. The van der Waals surface area contributed by atoms with Gasteiger partial charge in [-0.2, -0.15) is 0 Å². The third kappa shape index (κ3) is 2.46. The summed E-state index contributed by atoms with van der Waals surface area (Å²) >= 11 is 0. The Labute approximate surface area is 269 Å². The van der Waals surface area contributed by atoms with Crippen molar-refractivity contribution in [3.8, 4) is 11.4 Å². The van der Waals surface area contributed by atoms with Gasteiger partial charge in [-0.15, -0.1) is 0 Å². The van der Waals surface area contributed by atoms with Crippen molar-refractivity contribution in [1.29, 1.82) is 0 Å². The van der Waals surface area contributed by atoms with Crippen molar-refractivity contribution < 1.29 is 0 Å². The molecule has 0 radical (unpaired) electrons. The molecule has 9 aromatic carbocycles. The van der Waals surface area contributed by atoms with Crippen molar-refractivity contribution in [3.63, 3.8) is 0 Å². The molecule has 2 aliphatic rings. The number of hydrogen-bond donors (Lipinski definition) is 0. The lowest BCUT2D eigenvalue weighted by molar-refractivity contribution is 1.15. The molecule has 0 fully saturated rings. The summed E-state index contributed by atoms with van der Waals surface area (Å²) in [7, 11) is 0. The van der Waals surface area contributed by atoms with E-state index in [2.05, 4.69) is 149 Å². The van der Waals surface area contributed by atoms with E-state index in [0.29, 0.717) is 0 Å². The molecule has 2 nitrogen and oxygen atoms in total. The minimum absolute atomic E-state index is 0.148. The molecule has 3 heteroatoms. The van der Waals surface area contributed by atoms with E-state index in [1.54, 1.807) is 0 Å². The minimum atomic E-state index is 0.148. The lowest BCUT2D eigenvalue weighted by atomic mass is 9.34. The summed E-state index contributed by atoms with van der Waals surface area (Å²) in [6.07, 6.45) is 0. The zero-order chi connectivity index (χ0) is 30.1. The van der Waals surface area contributed by atoms with Crippen molar-refractivity contribution in [2.45, 2.75) is 0 Å². The van der Waals surface area contributed by atoms with E-state index in [1.807, 2.05) is 0 Å². The Balaban J connectivity index is 1.31. The molecule has 0 unspecified atom stereocenters. The summed E-state index contributed by atoms with van der Waals surface area (Å²) in [4.78, 5) is 0. The number of hydrogen-bond acceptors (Lipinski definition) is 0. The Morgan fingerprint density at radius 3 is 1.62 bits per heavy atom. The highest BCUT2D eigenvalue weighted by molar-refractivity contribution is 7.00. The van der Waals surface area contributed by atoms with Gasteiger partial charge in [-0.05, 0) is 60.8 Å². The van der Waals surface area contributed by atoms with Gasteiger partial charge < -0.3 is 9.13 Å². The fourth-order valence-corrected chi connectivity index (χ4v) is 9.96. The molecule has 0 saturated heterocycles. The van der Waals surface area contributed by atoms with Gasteiger partial charge in [-0.1, -0.05) is 127 Å². The number of rotatable bonds is 0. The Morgan fingerprint density at radius 1 is 0.319 bits per heavy atom.